The standard InChI is InChI=1S/C15H12N4O/c20-15-11-14(17-16-12-7-3-1-4-8-12)18-19(15)13-9-5-2-6-10-13/h1-11,18H. The number of aromatic nitrogens is 2. The van der Waals surface area contributed by atoms with E-state index in [-0.39, 0.29) is 5.56 Å². The first-order valence-electron chi connectivity index (χ1n) is 6.17. The van der Waals surface area contributed by atoms with Gasteiger partial charge in [0.1, 0.15) is 0 Å². The summed E-state index contributed by atoms with van der Waals surface area (Å²) in [5.41, 5.74) is 1.33. The molecule has 98 valence electrons. The summed E-state index contributed by atoms with van der Waals surface area (Å²) in [6, 6.07) is 20.1. The third-order valence-electron chi connectivity index (χ3n) is 2.75. The van der Waals surface area contributed by atoms with E-state index in [4.69, 9.17) is 0 Å². The van der Waals surface area contributed by atoms with Crippen molar-refractivity contribution in [1.82, 2.24) is 9.78 Å². The maximum absolute atomic E-state index is 11.9. The molecule has 2 aromatic carbocycles. The van der Waals surface area contributed by atoms with Gasteiger partial charge in [-0.25, -0.2) is 4.68 Å². The number of para-hydroxylation sites is 1. The quantitative estimate of drug-likeness (QED) is 0.722. The molecule has 0 aliphatic rings. The van der Waals surface area contributed by atoms with Crippen molar-refractivity contribution in [2.24, 2.45) is 10.2 Å². The van der Waals surface area contributed by atoms with E-state index in [2.05, 4.69) is 15.3 Å². The maximum atomic E-state index is 11.9. The van der Waals surface area contributed by atoms with Crippen LogP contribution in [0.3, 0.4) is 0 Å². The average molecular weight is 264 g/mol. The fraction of sp³-hybridized carbons (Fsp3) is 0. The molecular formula is C15H12N4O. The van der Waals surface area contributed by atoms with Crippen molar-refractivity contribution in [1.29, 1.82) is 0 Å². The van der Waals surface area contributed by atoms with E-state index in [0.29, 0.717) is 5.82 Å². The minimum absolute atomic E-state index is 0.168. The van der Waals surface area contributed by atoms with Crippen molar-refractivity contribution in [3.05, 3.63) is 77.1 Å². The zero-order valence-corrected chi connectivity index (χ0v) is 10.6. The Morgan fingerprint density at radius 2 is 1.50 bits per heavy atom. The molecule has 3 rings (SSSR count). The minimum atomic E-state index is -0.168. The van der Waals surface area contributed by atoms with Gasteiger partial charge in [-0.2, -0.15) is 0 Å². The Bertz CT molecular complexity index is 772. The van der Waals surface area contributed by atoms with E-state index in [1.54, 1.807) is 0 Å². The molecule has 0 bridgehead atoms. The Morgan fingerprint density at radius 1 is 0.850 bits per heavy atom. The molecule has 0 atom stereocenters. The maximum Gasteiger partial charge on any atom is 0.273 e. The number of nitrogens with zero attached hydrogens (tertiary/aromatic N) is 3. The molecule has 0 aliphatic carbocycles. The van der Waals surface area contributed by atoms with Gasteiger partial charge in [0.2, 0.25) is 0 Å². The lowest BCUT2D eigenvalue weighted by Crippen LogP contribution is -2.12. The molecule has 1 N–H and O–H groups in total. The van der Waals surface area contributed by atoms with Crippen molar-refractivity contribution < 1.29 is 0 Å². The molecule has 0 amide bonds. The molecule has 3 aromatic rings. The van der Waals surface area contributed by atoms with E-state index in [1.165, 1.54) is 10.7 Å². The highest BCUT2D eigenvalue weighted by Gasteiger charge is 2.03. The molecule has 0 spiro atoms. The molecule has 0 fully saturated rings. The van der Waals surface area contributed by atoms with Crippen molar-refractivity contribution in [3.63, 3.8) is 0 Å². The van der Waals surface area contributed by atoms with Gasteiger partial charge >= 0.3 is 0 Å². The van der Waals surface area contributed by atoms with Gasteiger partial charge in [0.05, 0.1) is 17.4 Å². The topological polar surface area (TPSA) is 62.5 Å². The fourth-order valence-corrected chi connectivity index (χ4v) is 1.81. The molecule has 0 radical (unpaired) electrons. The number of hydrogen-bond donors (Lipinski definition) is 1. The number of nitrogens with one attached hydrogen (secondary N) is 1. The number of hydrogen-bond acceptors (Lipinski definition) is 3. The largest absolute Gasteiger partial charge is 0.273 e. The summed E-state index contributed by atoms with van der Waals surface area (Å²) in [4.78, 5) is 11.9. The average Bonchev–Trinajstić information content (AvgIpc) is 2.88. The lowest BCUT2D eigenvalue weighted by Gasteiger charge is -1.99. The normalized spacial score (nSPS) is 11.0. The molecular weight excluding hydrogens is 252 g/mol. The minimum Gasteiger partial charge on any atom is -0.273 e. The highest BCUT2D eigenvalue weighted by molar-refractivity contribution is 5.37. The van der Waals surface area contributed by atoms with Crippen LogP contribution in [0.1, 0.15) is 0 Å². The van der Waals surface area contributed by atoms with Crippen molar-refractivity contribution in [2.45, 2.75) is 0 Å². The molecule has 0 saturated carbocycles. The summed E-state index contributed by atoms with van der Waals surface area (Å²) in [6.07, 6.45) is 0. The summed E-state index contributed by atoms with van der Waals surface area (Å²) < 4.78 is 1.43. The summed E-state index contributed by atoms with van der Waals surface area (Å²) in [5.74, 6) is 0.419. The predicted octanol–water partition coefficient (Wildman–Crippen LogP) is 3.58. The molecule has 0 aliphatic heterocycles. The highest BCUT2D eigenvalue weighted by atomic mass is 16.1. The number of aromatic amines is 1. The third kappa shape index (κ3) is 2.56. The molecule has 5 nitrogen and oxygen atoms in total. The lowest BCUT2D eigenvalue weighted by atomic mass is 10.3. The zero-order chi connectivity index (χ0) is 13.8. The first-order chi connectivity index (χ1) is 9.83. The third-order valence-corrected chi connectivity index (χ3v) is 2.75. The number of rotatable bonds is 3. The Hall–Kier alpha value is -2.95. The Morgan fingerprint density at radius 3 is 2.20 bits per heavy atom. The Labute approximate surface area is 115 Å². The van der Waals surface area contributed by atoms with Gasteiger partial charge in [0.25, 0.3) is 5.56 Å². The highest BCUT2D eigenvalue weighted by Crippen LogP contribution is 2.15. The van der Waals surface area contributed by atoms with Gasteiger partial charge < -0.3 is 0 Å². The van der Waals surface area contributed by atoms with Crippen LogP contribution >= 0.6 is 0 Å². The van der Waals surface area contributed by atoms with Crippen LogP contribution in [-0.4, -0.2) is 9.78 Å². The van der Waals surface area contributed by atoms with E-state index in [9.17, 15) is 4.79 Å². The Kier molecular flexibility index (Phi) is 3.24. The lowest BCUT2D eigenvalue weighted by molar-refractivity contribution is 0.846. The molecule has 5 heteroatoms. The molecule has 20 heavy (non-hydrogen) atoms. The van der Waals surface area contributed by atoms with E-state index in [1.807, 2.05) is 60.7 Å². The Balaban J connectivity index is 1.90. The van der Waals surface area contributed by atoms with Gasteiger partial charge in [-0.15, -0.1) is 10.2 Å². The predicted molar refractivity (Wildman–Crippen MR) is 77.0 cm³/mol. The smallest absolute Gasteiger partial charge is 0.273 e. The van der Waals surface area contributed by atoms with Crippen LogP contribution in [0.5, 0.6) is 0 Å². The SMILES string of the molecule is O=c1cc(N=Nc2ccccc2)[nH]n1-c1ccccc1. The number of benzene rings is 2. The van der Waals surface area contributed by atoms with Crippen LogP contribution in [0.2, 0.25) is 0 Å². The summed E-state index contributed by atoms with van der Waals surface area (Å²) >= 11 is 0. The second kappa shape index (κ2) is 5.36. The van der Waals surface area contributed by atoms with Gasteiger partial charge in [0.15, 0.2) is 5.82 Å². The van der Waals surface area contributed by atoms with E-state index < -0.39 is 0 Å². The first kappa shape index (κ1) is 12.1. The molecule has 1 heterocycles. The van der Waals surface area contributed by atoms with Crippen LogP contribution in [0.4, 0.5) is 11.5 Å². The van der Waals surface area contributed by atoms with Crippen LogP contribution in [0, 0.1) is 0 Å². The van der Waals surface area contributed by atoms with Gasteiger partial charge in [-0.05, 0) is 24.3 Å². The molecule has 0 saturated heterocycles. The van der Waals surface area contributed by atoms with Crippen LogP contribution in [-0.2, 0) is 0 Å². The zero-order valence-electron chi connectivity index (χ0n) is 10.6. The van der Waals surface area contributed by atoms with Crippen LogP contribution < -0.4 is 5.56 Å². The second-order valence-corrected chi connectivity index (χ2v) is 4.19. The number of H-pyrrole nitrogens is 1. The van der Waals surface area contributed by atoms with Crippen molar-refractivity contribution >= 4 is 11.5 Å². The summed E-state index contributed by atoms with van der Waals surface area (Å²) in [7, 11) is 0. The van der Waals surface area contributed by atoms with Crippen molar-refractivity contribution in [2.75, 3.05) is 0 Å². The second-order valence-electron chi connectivity index (χ2n) is 4.19. The fourth-order valence-electron chi connectivity index (χ4n) is 1.81. The van der Waals surface area contributed by atoms with E-state index in [0.717, 1.165) is 11.4 Å². The molecule has 1 aromatic heterocycles. The van der Waals surface area contributed by atoms with Crippen LogP contribution in [0.15, 0.2) is 81.8 Å². The van der Waals surface area contributed by atoms with Gasteiger partial charge in [-0.1, -0.05) is 36.4 Å². The number of azo groups is 1. The first-order valence-corrected chi connectivity index (χ1v) is 6.17. The monoisotopic (exact) mass is 264 g/mol. The van der Waals surface area contributed by atoms with Crippen LogP contribution in [0.25, 0.3) is 5.69 Å². The van der Waals surface area contributed by atoms with Gasteiger partial charge in [0, 0.05) is 0 Å². The van der Waals surface area contributed by atoms with E-state index >= 15 is 0 Å². The van der Waals surface area contributed by atoms with Crippen molar-refractivity contribution in [3.8, 4) is 5.69 Å². The molecule has 0 unspecified atom stereocenters. The summed E-state index contributed by atoms with van der Waals surface area (Å²) in [6.45, 7) is 0. The summed E-state index contributed by atoms with van der Waals surface area (Å²) in [5, 5.41) is 11.0. The van der Waals surface area contributed by atoms with Gasteiger partial charge in [-0.3, -0.25) is 9.89 Å².